The van der Waals surface area contributed by atoms with E-state index in [0.29, 0.717) is 0 Å². The minimum atomic E-state index is -1.67. The summed E-state index contributed by atoms with van der Waals surface area (Å²) in [6.45, 7) is -1.32. The Labute approximate surface area is 149 Å². The van der Waals surface area contributed by atoms with Gasteiger partial charge in [0.25, 0.3) is 0 Å². The van der Waals surface area contributed by atoms with Gasteiger partial charge < -0.3 is 50.0 Å². The zero-order valence-electron chi connectivity index (χ0n) is 14.0. The second kappa shape index (κ2) is 8.93. The molecule has 148 valence electrons. The molecule has 10 heteroatoms. The van der Waals surface area contributed by atoms with Crippen molar-refractivity contribution in [2.24, 2.45) is 0 Å². The van der Waals surface area contributed by atoms with E-state index < -0.39 is 56.1 Å². The molecular weight excluding hydrogens is 352 g/mol. The molecule has 26 heavy (non-hydrogen) atoms. The van der Waals surface area contributed by atoms with Crippen LogP contribution in [-0.2, 0) is 9.47 Å². The van der Waals surface area contributed by atoms with Gasteiger partial charge in [0.2, 0.25) is 0 Å². The third kappa shape index (κ3) is 4.24. The number of aromatic hydroxyl groups is 1. The lowest BCUT2D eigenvalue weighted by molar-refractivity contribution is -0.319. The Morgan fingerprint density at radius 3 is 2.38 bits per heavy atom. The third-order valence-electron chi connectivity index (χ3n) is 4.20. The van der Waals surface area contributed by atoms with Crippen molar-refractivity contribution in [3.05, 3.63) is 23.8 Å². The van der Waals surface area contributed by atoms with Gasteiger partial charge in [-0.3, -0.25) is 0 Å². The number of phenols is 1. The minimum Gasteiger partial charge on any atom is -0.504 e. The van der Waals surface area contributed by atoms with Crippen LogP contribution < -0.4 is 4.74 Å². The van der Waals surface area contributed by atoms with Crippen molar-refractivity contribution in [1.29, 1.82) is 0 Å². The van der Waals surface area contributed by atoms with E-state index in [9.17, 15) is 35.7 Å². The Balaban J connectivity index is 2.28. The number of methoxy groups -OCH3 is 1. The van der Waals surface area contributed by atoms with Crippen molar-refractivity contribution in [3.63, 3.8) is 0 Å². The lowest BCUT2D eigenvalue weighted by Crippen LogP contribution is -2.59. The fourth-order valence-electron chi connectivity index (χ4n) is 2.68. The number of hydrogen-bond donors (Lipinski definition) is 7. The number of phenolic OH excluding ortho intramolecular Hbond substituents is 1. The molecule has 0 amide bonds. The summed E-state index contributed by atoms with van der Waals surface area (Å²) in [4.78, 5) is 0. The van der Waals surface area contributed by atoms with E-state index in [2.05, 4.69) is 0 Å². The second-order valence-corrected chi connectivity index (χ2v) is 5.94. The molecule has 10 nitrogen and oxygen atoms in total. The molecule has 1 fully saturated rings. The van der Waals surface area contributed by atoms with Crippen LogP contribution in [0, 0.1) is 0 Å². The monoisotopic (exact) mass is 376 g/mol. The van der Waals surface area contributed by atoms with Crippen LogP contribution in [0.2, 0.25) is 0 Å². The van der Waals surface area contributed by atoms with Crippen LogP contribution in [-0.4, -0.2) is 92.9 Å². The van der Waals surface area contributed by atoms with Gasteiger partial charge >= 0.3 is 0 Å². The fraction of sp³-hybridized carbons (Fsp3) is 0.625. The predicted molar refractivity (Wildman–Crippen MR) is 85.3 cm³/mol. The maximum Gasteiger partial charge on any atom is 0.187 e. The molecule has 2 rings (SSSR count). The molecule has 1 aliphatic rings. The normalized spacial score (nSPS) is 31.4. The number of hydrogen-bond acceptors (Lipinski definition) is 10. The average molecular weight is 376 g/mol. The molecule has 1 heterocycles. The highest BCUT2D eigenvalue weighted by atomic mass is 16.7. The Bertz CT molecular complexity index is 580. The van der Waals surface area contributed by atoms with Crippen molar-refractivity contribution in [2.45, 2.75) is 42.9 Å². The summed E-state index contributed by atoms with van der Waals surface area (Å²) >= 11 is 0. The van der Waals surface area contributed by atoms with E-state index in [1.807, 2.05) is 0 Å². The molecule has 0 bridgehead atoms. The van der Waals surface area contributed by atoms with Gasteiger partial charge in [-0.1, -0.05) is 6.07 Å². The van der Waals surface area contributed by atoms with Crippen molar-refractivity contribution < 1.29 is 50.0 Å². The highest BCUT2D eigenvalue weighted by Gasteiger charge is 2.45. The number of rotatable bonds is 7. The first kappa shape index (κ1) is 20.8. The number of aliphatic hydroxyl groups excluding tert-OH is 6. The number of ether oxygens (including phenoxy) is 3. The van der Waals surface area contributed by atoms with Crippen molar-refractivity contribution in [1.82, 2.24) is 0 Å². The topological polar surface area (TPSA) is 169 Å². The quantitative estimate of drug-likeness (QED) is 0.272. The maximum atomic E-state index is 10.1. The molecule has 0 saturated carbocycles. The summed E-state index contributed by atoms with van der Waals surface area (Å²) in [5, 5.41) is 68.0. The van der Waals surface area contributed by atoms with Crippen LogP contribution in [0.15, 0.2) is 18.2 Å². The Kier molecular flexibility index (Phi) is 7.15. The summed E-state index contributed by atoms with van der Waals surface area (Å²) in [5.74, 6) is -0.0589. The molecule has 1 aliphatic heterocycles. The molecule has 0 radical (unpaired) electrons. The molecule has 7 N–H and O–H groups in total. The fourth-order valence-corrected chi connectivity index (χ4v) is 2.68. The van der Waals surface area contributed by atoms with E-state index in [4.69, 9.17) is 14.2 Å². The number of aliphatic hydroxyl groups is 6. The molecule has 1 saturated heterocycles. The second-order valence-electron chi connectivity index (χ2n) is 5.94. The van der Waals surface area contributed by atoms with Gasteiger partial charge in [-0.05, 0) is 17.7 Å². The van der Waals surface area contributed by atoms with Gasteiger partial charge in [0.1, 0.15) is 36.6 Å². The van der Waals surface area contributed by atoms with Crippen LogP contribution >= 0.6 is 0 Å². The lowest BCUT2D eigenvalue weighted by atomic mass is 9.98. The van der Waals surface area contributed by atoms with Crippen molar-refractivity contribution in [3.8, 4) is 11.5 Å². The van der Waals surface area contributed by atoms with Crippen LogP contribution in [0.25, 0.3) is 0 Å². The molecule has 1 aromatic carbocycles. The van der Waals surface area contributed by atoms with Gasteiger partial charge in [0, 0.05) is 0 Å². The zero-order chi connectivity index (χ0) is 19.4. The highest BCUT2D eigenvalue weighted by Crippen LogP contribution is 2.34. The first-order valence-corrected chi connectivity index (χ1v) is 7.95. The lowest BCUT2D eigenvalue weighted by Gasteiger charge is -2.41. The molecular formula is C16H24O10. The first-order valence-electron chi connectivity index (χ1n) is 7.95. The SMILES string of the molecule is COc1cc([C@@H](O[C@@H]2O[C@H](CO)[C@@H](O)[C@H](O)[C@H]2O)[C@H](O)CO)ccc1O. The molecule has 0 unspecified atom stereocenters. The van der Waals surface area contributed by atoms with Gasteiger partial charge in [-0.15, -0.1) is 0 Å². The highest BCUT2D eigenvalue weighted by molar-refractivity contribution is 5.42. The first-order chi connectivity index (χ1) is 12.3. The van der Waals surface area contributed by atoms with Gasteiger partial charge in [0.05, 0.1) is 20.3 Å². The van der Waals surface area contributed by atoms with Gasteiger partial charge in [0.15, 0.2) is 17.8 Å². The average Bonchev–Trinajstić information content (AvgIpc) is 2.65. The molecule has 0 spiro atoms. The number of benzene rings is 1. The van der Waals surface area contributed by atoms with E-state index in [1.54, 1.807) is 0 Å². The molecule has 0 aliphatic carbocycles. The van der Waals surface area contributed by atoms with Crippen LogP contribution in [0.3, 0.4) is 0 Å². The van der Waals surface area contributed by atoms with E-state index >= 15 is 0 Å². The Morgan fingerprint density at radius 2 is 1.81 bits per heavy atom. The van der Waals surface area contributed by atoms with Crippen LogP contribution in [0.5, 0.6) is 11.5 Å². The van der Waals surface area contributed by atoms with Crippen molar-refractivity contribution >= 4 is 0 Å². The molecule has 0 aromatic heterocycles. The van der Waals surface area contributed by atoms with Crippen LogP contribution in [0.1, 0.15) is 11.7 Å². The largest absolute Gasteiger partial charge is 0.504 e. The van der Waals surface area contributed by atoms with Crippen LogP contribution in [0.4, 0.5) is 0 Å². The Hall–Kier alpha value is -1.50. The minimum absolute atomic E-state index is 0.0926. The van der Waals surface area contributed by atoms with E-state index in [1.165, 1.54) is 25.3 Å². The summed E-state index contributed by atoms with van der Waals surface area (Å²) in [7, 11) is 1.33. The zero-order valence-corrected chi connectivity index (χ0v) is 14.0. The maximum absolute atomic E-state index is 10.1. The summed E-state index contributed by atoms with van der Waals surface area (Å²) in [6, 6.07) is 4.07. The van der Waals surface area contributed by atoms with E-state index in [0.717, 1.165) is 0 Å². The van der Waals surface area contributed by atoms with E-state index in [-0.39, 0.29) is 17.1 Å². The van der Waals surface area contributed by atoms with Crippen molar-refractivity contribution in [2.75, 3.05) is 20.3 Å². The smallest absolute Gasteiger partial charge is 0.187 e. The summed E-state index contributed by atoms with van der Waals surface area (Å²) in [5.41, 5.74) is 0.290. The predicted octanol–water partition coefficient (Wildman–Crippen LogP) is -2.39. The molecule has 1 aromatic rings. The summed E-state index contributed by atoms with van der Waals surface area (Å²) < 4.78 is 15.8. The Morgan fingerprint density at radius 1 is 1.12 bits per heavy atom. The third-order valence-corrected chi connectivity index (χ3v) is 4.20. The van der Waals surface area contributed by atoms with Gasteiger partial charge in [-0.25, -0.2) is 0 Å². The van der Waals surface area contributed by atoms with Gasteiger partial charge in [-0.2, -0.15) is 0 Å². The standard InChI is InChI=1S/C16H24O10/c1-24-10-4-7(2-3-8(10)19)15(9(20)5-17)26-16-14(23)13(22)12(21)11(6-18)25-16/h2-4,9,11-23H,5-6H2,1H3/t9-,11-,12-,13+,14-,15-,16+/m1/s1. The molecule has 7 atom stereocenters. The summed E-state index contributed by atoms with van der Waals surface area (Å²) in [6.07, 6.45) is -10.2.